The first-order chi connectivity index (χ1) is 12.2. The molecule has 0 bridgehead atoms. The van der Waals surface area contributed by atoms with Crippen molar-refractivity contribution in [3.05, 3.63) is 33.8 Å². The summed E-state index contributed by atoms with van der Waals surface area (Å²) in [5.41, 5.74) is 0.728. The highest BCUT2D eigenvalue weighted by molar-refractivity contribution is 6.42. The van der Waals surface area contributed by atoms with Crippen molar-refractivity contribution >= 4 is 29.3 Å². The van der Waals surface area contributed by atoms with Crippen LogP contribution in [0.25, 0.3) is 0 Å². The van der Waals surface area contributed by atoms with Crippen molar-refractivity contribution in [1.82, 2.24) is 4.90 Å². The maximum Gasteiger partial charge on any atom is 0.410 e. The van der Waals surface area contributed by atoms with Gasteiger partial charge in [0.1, 0.15) is 5.60 Å². The van der Waals surface area contributed by atoms with Crippen molar-refractivity contribution < 1.29 is 14.6 Å². The largest absolute Gasteiger partial charge is 0.444 e. The molecular formula is C20H33Cl2NO3. The Morgan fingerprint density at radius 3 is 2.23 bits per heavy atom. The molecule has 1 saturated heterocycles. The lowest BCUT2D eigenvalue weighted by atomic mass is 9.82. The molecule has 0 aromatic heterocycles. The fourth-order valence-corrected chi connectivity index (χ4v) is 3.18. The Morgan fingerprint density at radius 1 is 1.19 bits per heavy atom. The highest BCUT2D eigenvalue weighted by atomic mass is 35.5. The number of hydrogen-bond donors (Lipinski definition) is 1. The summed E-state index contributed by atoms with van der Waals surface area (Å²) in [6.07, 6.45) is 0.671. The standard InChI is InChI=1S/C17H23Cl2NO2.C2H6.CH4O/c1-11-10-20(16(21)22-17(2,3)4)8-7-13(11)12-5-6-14(18)15(19)9-12;2*1-2/h5-6,9,11,13H,7-8,10H2,1-4H3;1-2H3;2H,1H3/t11-,13+;;/m1../s1. The van der Waals surface area contributed by atoms with Gasteiger partial charge in [0.25, 0.3) is 0 Å². The summed E-state index contributed by atoms with van der Waals surface area (Å²) in [7, 11) is 1.00. The summed E-state index contributed by atoms with van der Waals surface area (Å²) in [4.78, 5) is 14.0. The summed E-state index contributed by atoms with van der Waals surface area (Å²) in [5.74, 6) is 0.729. The van der Waals surface area contributed by atoms with E-state index in [-0.39, 0.29) is 6.09 Å². The molecule has 150 valence electrons. The van der Waals surface area contributed by atoms with Gasteiger partial charge in [0.15, 0.2) is 0 Å². The number of aliphatic hydroxyl groups excluding tert-OH is 1. The van der Waals surface area contributed by atoms with E-state index in [4.69, 9.17) is 33.0 Å². The predicted octanol–water partition coefficient (Wildman–Crippen LogP) is 5.99. The number of aliphatic hydroxyl groups is 1. The molecule has 1 aliphatic rings. The van der Waals surface area contributed by atoms with Gasteiger partial charge in [-0.05, 0) is 56.7 Å². The van der Waals surface area contributed by atoms with E-state index in [2.05, 4.69) is 6.92 Å². The van der Waals surface area contributed by atoms with Gasteiger partial charge < -0.3 is 14.7 Å². The average Bonchev–Trinajstić information content (AvgIpc) is 2.59. The van der Waals surface area contributed by atoms with E-state index in [1.54, 1.807) is 4.90 Å². The number of piperidine rings is 1. The number of amides is 1. The maximum absolute atomic E-state index is 12.2. The van der Waals surface area contributed by atoms with Gasteiger partial charge in [-0.15, -0.1) is 0 Å². The molecule has 0 aliphatic carbocycles. The number of nitrogens with zero attached hydrogens (tertiary/aromatic N) is 1. The number of hydrogen-bond acceptors (Lipinski definition) is 3. The lowest BCUT2D eigenvalue weighted by Gasteiger charge is -2.37. The van der Waals surface area contributed by atoms with Gasteiger partial charge in [-0.25, -0.2) is 4.79 Å². The van der Waals surface area contributed by atoms with Gasteiger partial charge >= 0.3 is 6.09 Å². The molecule has 1 fully saturated rings. The van der Waals surface area contributed by atoms with Gasteiger partial charge in [-0.3, -0.25) is 0 Å². The molecule has 1 aromatic rings. The van der Waals surface area contributed by atoms with Crippen molar-refractivity contribution in [2.75, 3.05) is 20.2 Å². The zero-order valence-corrected chi connectivity index (χ0v) is 18.5. The third-order valence-corrected chi connectivity index (χ3v) is 4.67. The molecule has 1 aromatic carbocycles. The topological polar surface area (TPSA) is 49.8 Å². The van der Waals surface area contributed by atoms with E-state index < -0.39 is 5.60 Å². The Hall–Kier alpha value is -0.970. The Labute approximate surface area is 168 Å². The van der Waals surface area contributed by atoms with Crippen LogP contribution in [-0.2, 0) is 4.74 Å². The van der Waals surface area contributed by atoms with E-state index in [9.17, 15) is 4.79 Å². The molecule has 0 unspecified atom stereocenters. The number of carbonyl (C=O) groups excluding carboxylic acids is 1. The van der Waals surface area contributed by atoms with Crippen LogP contribution >= 0.6 is 23.2 Å². The second kappa shape index (κ2) is 11.7. The van der Waals surface area contributed by atoms with Crippen molar-refractivity contribution in [1.29, 1.82) is 0 Å². The first kappa shape index (κ1) is 25.0. The third-order valence-electron chi connectivity index (χ3n) is 3.93. The van der Waals surface area contributed by atoms with Crippen molar-refractivity contribution in [3.8, 4) is 0 Å². The molecule has 1 N–H and O–H groups in total. The van der Waals surface area contributed by atoms with E-state index >= 15 is 0 Å². The molecule has 1 aliphatic heterocycles. The molecule has 0 radical (unpaired) electrons. The highest BCUT2D eigenvalue weighted by Crippen LogP contribution is 2.35. The van der Waals surface area contributed by atoms with Crippen LogP contribution in [0.15, 0.2) is 18.2 Å². The summed E-state index contributed by atoms with van der Waals surface area (Å²) in [5, 5.41) is 8.16. The minimum absolute atomic E-state index is 0.230. The van der Waals surface area contributed by atoms with Crippen LogP contribution in [0, 0.1) is 5.92 Å². The summed E-state index contributed by atoms with van der Waals surface area (Å²) in [6.45, 7) is 13.2. The number of likely N-dealkylation sites (tertiary alicyclic amines) is 1. The average molecular weight is 406 g/mol. The monoisotopic (exact) mass is 405 g/mol. The van der Waals surface area contributed by atoms with Crippen molar-refractivity contribution in [2.24, 2.45) is 5.92 Å². The Balaban J connectivity index is 0.00000146. The zero-order chi connectivity index (χ0) is 20.5. The van der Waals surface area contributed by atoms with Crippen LogP contribution in [-0.4, -0.2) is 41.9 Å². The Kier molecular flexibility index (Phi) is 11.2. The van der Waals surface area contributed by atoms with E-state index in [1.807, 2.05) is 52.8 Å². The van der Waals surface area contributed by atoms with Gasteiger partial charge in [0, 0.05) is 20.2 Å². The van der Waals surface area contributed by atoms with Crippen LogP contribution in [0.1, 0.15) is 59.4 Å². The molecular weight excluding hydrogens is 373 g/mol. The lowest BCUT2D eigenvalue weighted by molar-refractivity contribution is 0.0155. The number of carbonyl (C=O) groups is 1. The molecule has 1 heterocycles. The first-order valence-electron chi connectivity index (χ1n) is 9.05. The smallest absolute Gasteiger partial charge is 0.410 e. The van der Waals surface area contributed by atoms with Crippen molar-refractivity contribution in [2.45, 2.75) is 59.5 Å². The van der Waals surface area contributed by atoms with E-state index in [1.165, 1.54) is 5.56 Å². The van der Waals surface area contributed by atoms with Crippen molar-refractivity contribution in [3.63, 3.8) is 0 Å². The fourth-order valence-electron chi connectivity index (χ4n) is 2.88. The normalized spacial score (nSPS) is 19.5. The lowest BCUT2D eigenvalue weighted by Crippen LogP contribution is -2.44. The number of halogens is 2. The molecule has 2 rings (SSSR count). The summed E-state index contributed by atoms with van der Waals surface area (Å²) < 4.78 is 5.45. The first-order valence-corrected chi connectivity index (χ1v) is 9.80. The van der Waals surface area contributed by atoms with Gasteiger partial charge in [0.2, 0.25) is 0 Å². The molecule has 2 atom stereocenters. The minimum atomic E-state index is -0.457. The maximum atomic E-state index is 12.2. The van der Waals surface area contributed by atoms with Gasteiger partial charge in [-0.2, -0.15) is 0 Å². The quantitative estimate of drug-likeness (QED) is 0.623. The highest BCUT2D eigenvalue weighted by Gasteiger charge is 2.32. The van der Waals surface area contributed by atoms with Gasteiger partial charge in [0.05, 0.1) is 10.0 Å². The summed E-state index contributed by atoms with van der Waals surface area (Å²) >= 11 is 12.1. The van der Waals surface area contributed by atoms with Crippen LogP contribution in [0.4, 0.5) is 4.79 Å². The van der Waals surface area contributed by atoms with Crippen LogP contribution < -0.4 is 0 Å². The number of rotatable bonds is 1. The number of benzene rings is 1. The van der Waals surface area contributed by atoms with E-state index in [0.29, 0.717) is 35.0 Å². The fraction of sp³-hybridized carbons (Fsp3) is 0.650. The molecule has 0 spiro atoms. The predicted molar refractivity (Wildman–Crippen MR) is 110 cm³/mol. The molecule has 1 amide bonds. The van der Waals surface area contributed by atoms with E-state index in [0.717, 1.165) is 13.5 Å². The Morgan fingerprint density at radius 2 is 1.77 bits per heavy atom. The number of ether oxygens (including phenoxy) is 1. The summed E-state index contributed by atoms with van der Waals surface area (Å²) in [6, 6.07) is 5.80. The molecule has 6 heteroatoms. The molecule has 4 nitrogen and oxygen atoms in total. The minimum Gasteiger partial charge on any atom is -0.444 e. The molecule has 26 heavy (non-hydrogen) atoms. The second-order valence-corrected chi connectivity index (χ2v) is 7.79. The van der Waals surface area contributed by atoms with Gasteiger partial charge in [-0.1, -0.05) is 50.0 Å². The second-order valence-electron chi connectivity index (χ2n) is 6.97. The van der Waals surface area contributed by atoms with Crippen LogP contribution in [0.5, 0.6) is 0 Å². The SMILES string of the molecule is CC.CO.C[C@@H]1CN(C(=O)OC(C)(C)C)CC[C@@H]1c1ccc(Cl)c(Cl)c1. The zero-order valence-electron chi connectivity index (χ0n) is 17.0. The van der Waals surface area contributed by atoms with Crippen LogP contribution in [0.3, 0.4) is 0 Å². The third kappa shape index (κ3) is 7.73. The Bertz CT molecular complexity index is 558. The molecule has 0 saturated carbocycles. The van der Waals surface area contributed by atoms with Crippen LogP contribution in [0.2, 0.25) is 10.0 Å².